The summed E-state index contributed by atoms with van der Waals surface area (Å²) in [4.78, 5) is 0. The third-order valence-electron chi connectivity index (χ3n) is 5.06. The van der Waals surface area contributed by atoms with Crippen molar-refractivity contribution >= 4 is 11.1 Å². The Balaban J connectivity index is 1.91. The van der Waals surface area contributed by atoms with Crippen LogP contribution in [0.2, 0.25) is 0 Å². The standard InChI is InChI=1S/C27H31NO2/c1-3-26(21-11-7-5-8-12-21)27(22-13-9-6-10-14-22)23-15-17-25(18-16-23)30-20-24(29)19-28-4-2/h5-18,24,28-29H,3-4,19-20H2,1-2H3/b27-26-. The van der Waals surface area contributed by atoms with E-state index >= 15 is 0 Å². The van der Waals surface area contributed by atoms with Gasteiger partial charge in [0.2, 0.25) is 0 Å². The SMILES string of the molecule is CCNCC(O)COc1ccc(/C(=C(/CC)c2ccccc2)c2ccccc2)cc1. The molecule has 1 unspecified atom stereocenters. The average Bonchev–Trinajstić information content (AvgIpc) is 2.81. The first-order valence-electron chi connectivity index (χ1n) is 10.7. The van der Waals surface area contributed by atoms with Gasteiger partial charge in [0.15, 0.2) is 0 Å². The molecule has 0 aliphatic carbocycles. The van der Waals surface area contributed by atoms with Gasteiger partial charge in [0, 0.05) is 6.54 Å². The molecule has 0 aromatic heterocycles. The van der Waals surface area contributed by atoms with Crippen molar-refractivity contribution < 1.29 is 9.84 Å². The van der Waals surface area contributed by atoms with Crippen LogP contribution in [-0.4, -0.2) is 30.9 Å². The minimum Gasteiger partial charge on any atom is -0.491 e. The van der Waals surface area contributed by atoms with Gasteiger partial charge in [-0.25, -0.2) is 0 Å². The Hall–Kier alpha value is -2.88. The zero-order valence-corrected chi connectivity index (χ0v) is 17.8. The lowest BCUT2D eigenvalue weighted by atomic mass is 9.88. The van der Waals surface area contributed by atoms with Crippen LogP contribution >= 0.6 is 0 Å². The second-order valence-electron chi connectivity index (χ2n) is 7.24. The van der Waals surface area contributed by atoms with Crippen molar-refractivity contribution in [3.05, 3.63) is 102 Å². The molecule has 1 atom stereocenters. The van der Waals surface area contributed by atoms with E-state index in [4.69, 9.17) is 4.74 Å². The van der Waals surface area contributed by atoms with Gasteiger partial charge >= 0.3 is 0 Å². The Morgan fingerprint density at radius 3 is 1.93 bits per heavy atom. The first kappa shape index (κ1) is 21.8. The highest BCUT2D eigenvalue weighted by atomic mass is 16.5. The number of likely N-dealkylation sites (N-methyl/N-ethyl adjacent to an activating group) is 1. The normalized spacial score (nSPS) is 12.9. The third kappa shape index (κ3) is 5.82. The number of aliphatic hydroxyl groups excluding tert-OH is 1. The second-order valence-corrected chi connectivity index (χ2v) is 7.24. The Bertz CT molecular complexity index is 918. The first-order chi connectivity index (χ1) is 14.7. The van der Waals surface area contributed by atoms with Crippen LogP contribution in [0.25, 0.3) is 11.1 Å². The highest BCUT2D eigenvalue weighted by Crippen LogP contribution is 2.34. The molecule has 0 aliphatic heterocycles. The van der Waals surface area contributed by atoms with Gasteiger partial charge in [0.1, 0.15) is 18.5 Å². The van der Waals surface area contributed by atoms with Gasteiger partial charge in [-0.3, -0.25) is 0 Å². The quantitative estimate of drug-likeness (QED) is 0.447. The summed E-state index contributed by atoms with van der Waals surface area (Å²) < 4.78 is 5.77. The molecule has 30 heavy (non-hydrogen) atoms. The van der Waals surface area contributed by atoms with Crippen molar-refractivity contribution in [1.82, 2.24) is 5.32 Å². The molecule has 0 bridgehead atoms. The monoisotopic (exact) mass is 401 g/mol. The van der Waals surface area contributed by atoms with Gasteiger partial charge in [-0.2, -0.15) is 0 Å². The number of aliphatic hydroxyl groups is 1. The molecule has 156 valence electrons. The highest BCUT2D eigenvalue weighted by Gasteiger charge is 2.13. The topological polar surface area (TPSA) is 41.5 Å². The first-order valence-corrected chi connectivity index (χ1v) is 10.7. The number of ether oxygens (including phenoxy) is 1. The molecular formula is C27H31NO2. The molecule has 2 N–H and O–H groups in total. The predicted molar refractivity (Wildman–Crippen MR) is 126 cm³/mol. The van der Waals surface area contributed by atoms with Gasteiger partial charge in [-0.15, -0.1) is 0 Å². The number of hydrogen-bond donors (Lipinski definition) is 2. The maximum atomic E-state index is 9.97. The second kappa shape index (κ2) is 11.3. The third-order valence-corrected chi connectivity index (χ3v) is 5.06. The molecule has 0 saturated carbocycles. The van der Waals surface area contributed by atoms with Crippen LogP contribution in [0.3, 0.4) is 0 Å². The lowest BCUT2D eigenvalue weighted by molar-refractivity contribution is 0.107. The number of rotatable bonds is 10. The van der Waals surface area contributed by atoms with Crippen molar-refractivity contribution in [2.24, 2.45) is 0 Å². The summed E-state index contributed by atoms with van der Waals surface area (Å²) in [6.07, 6.45) is 0.414. The molecule has 0 radical (unpaired) electrons. The number of allylic oxidation sites excluding steroid dienone is 1. The van der Waals surface area contributed by atoms with E-state index in [0.29, 0.717) is 6.54 Å². The van der Waals surface area contributed by atoms with Crippen molar-refractivity contribution in [2.45, 2.75) is 26.4 Å². The summed E-state index contributed by atoms with van der Waals surface area (Å²) in [7, 11) is 0. The fourth-order valence-corrected chi connectivity index (χ4v) is 3.56. The minimum absolute atomic E-state index is 0.276. The van der Waals surface area contributed by atoms with Gasteiger partial charge < -0.3 is 15.2 Å². The van der Waals surface area contributed by atoms with E-state index in [1.54, 1.807) is 0 Å². The van der Waals surface area contributed by atoms with Crippen molar-refractivity contribution in [1.29, 1.82) is 0 Å². The van der Waals surface area contributed by atoms with E-state index in [0.717, 1.165) is 24.3 Å². The summed E-state index contributed by atoms with van der Waals surface area (Å²) in [6.45, 7) is 5.87. The maximum Gasteiger partial charge on any atom is 0.119 e. The number of benzene rings is 3. The summed E-state index contributed by atoms with van der Waals surface area (Å²) in [5.41, 5.74) is 6.15. The molecule has 3 rings (SSSR count). The van der Waals surface area contributed by atoms with E-state index in [-0.39, 0.29) is 6.61 Å². The van der Waals surface area contributed by atoms with Crippen LogP contribution < -0.4 is 10.1 Å². The fourth-order valence-electron chi connectivity index (χ4n) is 3.56. The largest absolute Gasteiger partial charge is 0.491 e. The molecule has 3 aromatic carbocycles. The maximum absolute atomic E-state index is 9.97. The smallest absolute Gasteiger partial charge is 0.119 e. The van der Waals surface area contributed by atoms with Crippen LogP contribution in [0.5, 0.6) is 5.75 Å². The highest BCUT2D eigenvalue weighted by molar-refractivity contribution is 5.98. The van der Waals surface area contributed by atoms with Crippen LogP contribution in [0.4, 0.5) is 0 Å². The van der Waals surface area contributed by atoms with Gasteiger partial charge in [0.05, 0.1) is 0 Å². The molecule has 3 heteroatoms. The lowest BCUT2D eigenvalue weighted by Gasteiger charge is -2.17. The molecule has 3 nitrogen and oxygen atoms in total. The van der Waals surface area contributed by atoms with E-state index in [2.05, 4.69) is 79.0 Å². The van der Waals surface area contributed by atoms with Gasteiger partial charge in [0.25, 0.3) is 0 Å². The average molecular weight is 402 g/mol. The molecule has 0 fully saturated rings. The molecule has 0 spiro atoms. The molecule has 0 aliphatic rings. The Morgan fingerprint density at radius 1 is 0.800 bits per heavy atom. The molecular weight excluding hydrogens is 370 g/mol. The van der Waals surface area contributed by atoms with Gasteiger partial charge in [-0.05, 0) is 52.9 Å². The lowest BCUT2D eigenvalue weighted by Crippen LogP contribution is -2.31. The Morgan fingerprint density at radius 2 is 1.37 bits per heavy atom. The van der Waals surface area contributed by atoms with Crippen LogP contribution in [0.1, 0.15) is 37.0 Å². The molecule has 0 heterocycles. The van der Waals surface area contributed by atoms with Crippen molar-refractivity contribution in [3.8, 4) is 5.75 Å². The van der Waals surface area contributed by atoms with E-state index in [9.17, 15) is 5.11 Å². The molecule has 0 saturated heterocycles. The van der Waals surface area contributed by atoms with E-state index in [1.165, 1.54) is 22.3 Å². The Labute approximate surface area is 180 Å². The predicted octanol–water partition coefficient (Wildman–Crippen LogP) is 5.40. The van der Waals surface area contributed by atoms with Crippen LogP contribution in [0.15, 0.2) is 84.9 Å². The van der Waals surface area contributed by atoms with Crippen molar-refractivity contribution in [2.75, 3.05) is 19.7 Å². The van der Waals surface area contributed by atoms with Crippen LogP contribution in [0, 0.1) is 0 Å². The van der Waals surface area contributed by atoms with E-state index < -0.39 is 6.10 Å². The van der Waals surface area contributed by atoms with Crippen molar-refractivity contribution in [3.63, 3.8) is 0 Å². The minimum atomic E-state index is -0.519. The summed E-state index contributed by atoms with van der Waals surface area (Å²) in [6, 6.07) is 29.3. The molecule has 3 aromatic rings. The van der Waals surface area contributed by atoms with E-state index in [1.807, 2.05) is 25.1 Å². The zero-order chi connectivity index (χ0) is 21.2. The summed E-state index contributed by atoms with van der Waals surface area (Å²) in [5, 5.41) is 13.1. The Kier molecular flexibility index (Phi) is 8.25. The number of hydrogen-bond acceptors (Lipinski definition) is 3. The zero-order valence-electron chi connectivity index (χ0n) is 17.8. The van der Waals surface area contributed by atoms with Gasteiger partial charge in [-0.1, -0.05) is 86.6 Å². The summed E-state index contributed by atoms with van der Waals surface area (Å²) in [5.74, 6) is 0.763. The summed E-state index contributed by atoms with van der Waals surface area (Å²) >= 11 is 0. The molecule has 0 amide bonds. The fraction of sp³-hybridized carbons (Fsp3) is 0.259. The van der Waals surface area contributed by atoms with Crippen LogP contribution in [-0.2, 0) is 0 Å². The number of nitrogens with one attached hydrogen (secondary N) is 1.